The van der Waals surface area contributed by atoms with Crippen LogP contribution in [0.1, 0.15) is 36.4 Å². The third-order valence-electron chi connectivity index (χ3n) is 6.72. The van der Waals surface area contributed by atoms with Gasteiger partial charge in [0, 0.05) is 25.2 Å². The second kappa shape index (κ2) is 7.67. The molecular formula is C23H24N6O2. The Morgan fingerprint density at radius 3 is 2.84 bits per heavy atom. The molecule has 3 aromatic rings. The zero-order valence-corrected chi connectivity index (χ0v) is 17.1. The first-order valence-corrected chi connectivity index (χ1v) is 10.6. The SMILES string of the molecule is N#Cc1ccc([C@@H](CO)NC(=O)C2CCN(c3ncnc4[nH]ccc34)CC23CC3)cc1. The third-order valence-corrected chi connectivity index (χ3v) is 6.72. The number of anilines is 1. The molecule has 0 bridgehead atoms. The summed E-state index contributed by atoms with van der Waals surface area (Å²) in [6.07, 6.45) is 6.23. The summed E-state index contributed by atoms with van der Waals surface area (Å²) >= 11 is 0. The van der Waals surface area contributed by atoms with Crippen molar-refractivity contribution >= 4 is 22.8 Å². The molecule has 1 saturated carbocycles. The maximum atomic E-state index is 13.2. The normalized spacial score (nSPS) is 20.4. The Kier molecular flexibility index (Phi) is 4.83. The fourth-order valence-corrected chi connectivity index (χ4v) is 4.82. The lowest BCUT2D eigenvalue weighted by Crippen LogP contribution is -2.49. The highest BCUT2D eigenvalue weighted by atomic mass is 16.3. The summed E-state index contributed by atoms with van der Waals surface area (Å²) in [5, 5.41) is 22.9. The zero-order chi connectivity index (χ0) is 21.4. The van der Waals surface area contributed by atoms with Gasteiger partial charge in [0.05, 0.1) is 29.7 Å². The Bertz CT molecular complexity index is 1140. The molecule has 1 amide bonds. The number of carbonyl (C=O) groups is 1. The van der Waals surface area contributed by atoms with Gasteiger partial charge in [-0.2, -0.15) is 5.26 Å². The van der Waals surface area contributed by atoms with Crippen LogP contribution in [0.4, 0.5) is 5.82 Å². The molecule has 3 N–H and O–H groups in total. The molecule has 31 heavy (non-hydrogen) atoms. The summed E-state index contributed by atoms with van der Waals surface area (Å²) in [4.78, 5) is 27.4. The van der Waals surface area contributed by atoms with E-state index in [0.29, 0.717) is 5.56 Å². The van der Waals surface area contributed by atoms with Gasteiger partial charge in [0.2, 0.25) is 5.91 Å². The largest absolute Gasteiger partial charge is 0.394 e. The number of aromatic amines is 1. The van der Waals surface area contributed by atoms with E-state index in [1.807, 2.05) is 12.3 Å². The number of nitriles is 1. The lowest BCUT2D eigenvalue weighted by Gasteiger charge is -2.39. The number of aliphatic hydroxyl groups is 1. The summed E-state index contributed by atoms with van der Waals surface area (Å²) in [6, 6.07) is 10.6. The molecule has 2 aromatic heterocycles. The monoisotopic (exact) mass is 416 g/mol. The number of benzene rings is 1. The van der Waals surface area contributed by atoms with Crippen molar-refractivity contribution in [3.63, 3.8) is 0 Å². The number of piperidine rings is 1. The molecule has 0 radical (unpaired) electrons. The number of nitrogens with one attached hydrogen (secondary N) is 2. The lowest BCUT2D eigenvalue weighted by molar-refractivity contribution is -0.129. The van der Waals surface area contributed by atoms with Gasteiger partial charge in [0.1, 0.15) is 17.8 Å². The van der Waals surface area contributed by atoms with Gasteiger partial charge in [-0.05, 0) is 48.4 Å². The van der Waals surface area contributed by atoms with Gasteiger partial charge in [-0.25, -0.2) is 9.97 Å². The first kappa shape index (κ1) is 19.5. The van der Waals surface area contributed by atoms with Crippen molar-refractivity contribution in [3.8, 4) is 6.07 Å². The minimum atomic E-state index is -0.476. The number of hydrogen-bond donors (Lipinski definition) is 3. The van der Waals surface area contributed by atoms with E-state index in [2.05, 4.69) is 31.2 Å². The first-order chi connectivity index (χ1) is 15.1. The smallest absolute Gasteiger partial charge is 0.224 e. The van der Waals surface area contributed by atoms with Gasteiger partial charge >= 0.3 is 0 Å². The quantitative estimate of drug-likeness (QED) is 0.587. The Morgan fingerprint density at radius 1 is 1.32 bits per heavy atom. The van der Waals surface area contributed by atoms with Gasteiger partial charge < -0.3 is 20.3 Å². The minimum Gasteiger partial charge on any atom is -0.394 e. The van der Waals surface area contributed by atoms with E-state index in [1.54, 1.807) is 30.6 Å². The molecule has 1 aromatic carbocycles. The topological polar surface area (TPSA) is 118 Å². The third kappa shape index (κ3) is 3.51. The number of amides is 1. The number of fused-ring (bicyclic) bond motifs is 1. The average molecular weight is 416 g/mol. The maximum Gasteiger partial charge on any atom is 0.224 e. The number of aromatic nitrogens is 3. The van der Waals surface area contributed by atoms with Gasteiger partial charge in [0.25, 0.3) is 0 Å². The van der Waals surface area contributed by atoms with E-state index < -0.39 is 6.04 Å². The summed E-state index contributed by atoms with van der Waals surface area (Å²) in [5.74, 6) is 0.831. The Balaban J connectivity index is 1.31. The molecule has 2 fully saturated rings. The van der Waals surface area contributed by atoms with Crippen LogP contribution >= 0.6 is 0 Å². The number of hydrogen-bond acceptors (Lipinski definition) is 6. The molecular weight excluding hydrogens is 392 g/mol. The molecule has 1 aliphatic heterocycles. The van der Waals surface area contributed by atoms with Crippen LogP contribution in [0.2, 0.25) is 0 Å². The van der Waals surface area contributed by atoms with Crippen LogP contribution in [-0.2, 0) is 4.79 Å². The average Bonchev–Trinajstić information content (AvgIpc) is 3.38. The highest BCUT2D eigenvalue weighted by Crippen LogP contribution is 2.56. The standard InChI is InChI=1S/C23H24N6O2/c24-11-15-1-3-16(4-2-15)19(12-30)28-22(31)18-6-10-29(13-23(18)7-8-23)21-17-5-9-25-20(17)26-14-27-21/h1-5,9,14,18-19,30H,6-8,10,12-13H2,(H,28,31)(H,25,26,27)/t18?,19-/m1/s1. The molecule has 3 heterocycles. The van der Waals surface area contributed by atoms with Crippen LogP contribution in [0.3, 0.4) is 0 Å². The molecule has 2 aliphatic rings. The van der Waals surface area contributed by atoms with Crippen LogP contribution in [0, 0.1) is 22.7 Å². The lowest BCUT2D eigenvalue weighted by atomic mass is 9.81. The van der Waals surface area contributed by atoms with Crippen LogP contribution in [-0.4, -0.2) is 45.7 Å². The van der Waals surface area contributed by atoms with E-state index in [4.69, 9.17) is 5.26 Å². The first-order valence-electron chi connectivity index (χ1n) is 10.6. The molecule has 5 rings (SSSR count). The maximum absolute atomic E-state index is 13.2. The van der Waals surface area contributed by atoms with Gasteiger partial charge in [0.15, 0.2) is 0 Å². The fraction of sp³-hybridized carbons (Fsp3) is 0.391. The van der Waals surface area contributed by atoms with Crippen LogP contribution in [0.5, 0.6) is 0 Å². The Morgan fingerprint density at radius 2 is 2.13 bits per heavy atom. The molecule has 1 spiro atoms. The highest BCUT2D eigenvalue weighted by Gasteiger charge is 2.55. The van der Waals surface area contributed by atoms with Crippen LogP contribution in [0.25, 0.3) is 11.0 Å². The zero-order valence-electron chi connectivity index (χ0n) is 17.1. The van der Waals surface area contributed by atoms with Crippen molar-refractivity contribution in [2.75, 3.05) is 24.6 Å². The number of rotatable bonds is 5. The summed E-state index contributed by atoms with van der Waals surface area (Å²) < 4.78 is 0. The van der Waals surface area contributed by atoms with Crippen molar-refractivity contribution in [1.29, 1.82) is 5.26 Å². The minimum absolute atomic E-state index is 0.00459. The van der Waals surface area contributed by atoms with Crippen molar-refractivity contribution < 1.29 is 9.90 Å². The van der Waals surface area contributed by atoms with Crippen molar-refractivity contribution in [2.45, 2.75) is 25.3 Å². The second-order valence-corrected chi connectivity index (χ2v) is 8.54. The molecule has 8 nitrogen and oxygen atoms in total. The van der Waals surface area contributed by atoms with Gasteiger partial charge in [-0.15, -0.1) is 0 Å². The summed E-state index contributed by atoms with van der Waals surface area (Å²) in [7, 11) is 0. The van der Waals surface area contributed by atoms with Crippen LogP contribution < -0.4 is 10.2 Å². The summed E-state index contributed by atoms with van der Waals surface area (Å²) in [6.45, 7) is 1.36. The van der Waals surface area contributed by atoms with Crippen LogP contribution in [0.15, 0.2) is 42.9 Å². The number of aliphatic hydroxyl groups excluding tert-OH is 1. The van der Waals surface area contributed by atoms with E-state index in [-0.39, 0.29) is 23.8 Å². The van der Waals surface area contributed by atoms with Crippen molar-refractivity contribution in [3.05, 3.63) is 54.0 Å². The highest BCUT2D eigenvalue weighted by molar-refractivity contribution is 5.88. The molecule has 8 heteroatoms. The predicted molar refractivity (Wildman–Crippen MR) is 115 cm³/mol. The van der Waals surface area contributed by atoms with Crippen molar-refractivity contribution in [2.24, 2.45) is 11.3 Å². The predicted octanol–water partition coefficient (Wildman–Crippen LogP) is 2.29. The van der Waals surface area contributed by atoms with E-state index >= 15 is 0 Å². The van der Waals surface area contributed by atoms with Gasteiger partial charge in [-0.1, -0.05) is 12.1 Å². The number of nitrogens with zero attached hydrogens (tertiary/aromatic N) is 4. The second-order valence-electron chi connectivity index (χ2n) is 8.54. The number of carbonyl (C=O) groups excluding carboxylic acids is 1. The molecule has 1 unspecified atom stereocenters. The Hall–Kier alpha value is -3.44. The van der Waals surface area contributed by atoms with E-state index in [0.717, 1.165) is 54.8 Å². The van der Waals surface area contributed by atoms with E-state index in [9.17, 15) is 9.90 Å². The van der Waals surface area contributed by atoms with E-state index in [1.165, 1.54) is 0 Å². The van der Waals surface area contributed by atoms with Gasteiger partial charge in [-0.3, -0.25) is 4.79 Å². The summed E-state index contributed by atoms with van der Waals surface area (Å²) in [5.41, 5.74) is 2.13. The molecule has 1 saturated heterocycles. The fourth-order valence-electron chi connectivity index (χ4n) is 4.82. The molecule has 1 aliphatic carbocycles. The Labute approximate surface area is 179 Å². The molecule has 2 atom stereocenters. The molecule has 158 valence electrons. The van der Waals surface area contributed by atoms with Crippen molar-refractivity contribution in [1.82, 2.24) is 20.3 Å². The number of H-pyrrole nitrogens is 1.